The Hall–Kier alpha value is -2.30. The van der Waals surface area contributed by atoms with Crippen LogP contribution in [0.2, 0.25) is 5.02 Å². The van der Waals surface area contributed by atoms with E-state index in [9.17, 15) is 21.6 Å². The molecule has 246 valence electrons. The van der Waals surface area contributed by atoms with E-state index in [1.54, 1.807) is 25.1 Å². The number of sulfonamides is 1. The standard InChI is InChI=1S/C34H45ClN2O6S2/c1-22-6-4-7-27(19-44(3,39)40)29-12-9-26(29)18-37-20-34(15-5-8-24-16-28(35)11-13-30(24)34)21-43-32-14-10-25(17-31(32)37)33(38)36-45(41,42)23(22)2/h10-11,13-14,16-17,22-23,26-27,29H,4-9,12,15,18-21H2,1-3H3,(H,36,38)/t22-,23+,26?,27-,29?,34?/m0/s1. The summed E-state index contributed by atoms with van der Waals surface area (Å²) in [6.07, 6.45) is 8.34. The van der Waals surface area contributed by atoms with Gasteiger partial charge in [-0.15, -0.1) is 0 Å². The van der Waals surface area contributed by atoms with Crippen LogP contribution in [-0.2, 0) is 31.7 Å². The zero-order valence-corrected chi connectivity index (χ0v) is 28.8. The summed E-state index contributed by atoms with van der Waals surface area (Å²) >= 11 is 6.41. The number of ether oxygens (including phenoxy) is 1. The molecule has 2 aliphatic heterocycles. The zero-order valence-electron chi connectivity index (χ0n) is 26.4. The number of nitrogens with one attached hydrogen (secondary N) is 1. The summed E-state index contributed by atoms with van der Waals surface area (Å²) in [5, 5.41) is -0.0586. The van der Waals surface area contributed by atoms with Gasteiger partial charge in [0, 0.05) is 35.3 Å². The summed E-state index contributed by atoms with van der Waals surface area (Å²) in [4.78, 5) is 15.8. The molecule has 6 rings (SSSR count). The molecule has 6 atom stereocenters. The minimum absolute atomic E-state index is 0.0195. The number of hydrogen-bond acceptors (Lipinski definition) is 7. The van der Waals surface area contributed by atoms with Crippen LogP contribution in [0.25, 0.3) is 0 Å². The Labute approximate surface area is 273 Å². The predicted octanol–water partition coefficient (Wildman–Crippen LogP) is 5.77. The highest BCUT2D eigenvalue weighted by Gasteiger charge is 2.45. The number of anilines is 1. The Bertz CT molecular complexity index is 1680. The summed E-state index contributed by atoms with van der Waals surface area (Å²) in [6.45, 7) is 5.39. The van der Waals surface area contributed by atoms with Crippen LogP contribution in [0.3, 0.4) is 0 Å². The van der Waals surface area contributed by atoms with Gasteiger partial charge in [-0.25, -0.2) is 21.6 Å². The fraction of sp³-hybridized carbons (Fsp3) is 0.618. The molecule has 0 saturated heterocycles. The van der Waals surface area contributed by atoms with Gasteiger partial charge in [0.25, 0.3) is 5.91 Å². The third kappa shape index (κ3) is 6.75. The van der Waals surface area contributed by atoms with E-state index in [-0.39, 0.29) is 34.5 Å². The van der Waals surface area contributed by atoms with Crippen molar-refractivity contribution in [3.05, 3.63) is 58.1 Å². The predicted molar refractivity (Wildman–Crippen MR) is 178 cm³/mol. The first-order chi connectivity index (χ1) is 21.2. The van der Waals surface area contributed by atoms with Crippen LogP contribution >= 0.6 is 11.6 Å². The molecule has 2 bridgehead atoms. The topological polar surface area (TPSA) is 110 Å². The number of aryl methyl sites for hydroxylation is 1. The first-order valence-corrected chi connectivity index (χ1v) is 20.3. The van der Waals surface area contributed by atoms with Gasteiger partial charge >= 0.3 is 0 Å². The van der Waals surface area contributed by atoms with Crippen molar-refractivity contribution < 1.29 is 26.4 Å². The molecule has 3 unspecified atom stereocenters. The van der Waals surface area contributed by atoms with Gasteiger partial charge in [-0.3, -0.25) is 4.79 Å². The average molecular weight is 677 g/mol. The van der Waals surface area contributed by atoms with E-state index in [1.807, 2.05) is 13.0 Å². The number of fused-ring (bicyclic) bond motifs is 4. The summed E-state index contributed by atoms with van der Waals surface area (Å²) in [6, 6.07) is 11.3. The van der Waals surface area contributed by atoms with Gasteiger partial charge < -0.3 is 9.64 Å². The first kappa shape index (κ1) is 32.6. The van der Waals surface area contributed by atoms with Crippen LogP contribution in [-0.4, -0.2) is 59.7 Å². The highest BCUT2D eigenvalue weighted by Crippen LogP contribution is 2.48. The molecule has 8 nitrogen and oxygen atoms in total. The monoisotopic (exact) mass is 676 g/mol. The number of carbonyl (C=O) groups is 1. The number of hydrogen-bond donors (Lipinski definition) is 1. The molecule has 0 aromatic heterocycles. The molecule has 1 spiro atoms. The van der Waals surface area contributed by atoms with Gasteiger partial charge in [0.05, 0.1) is 23.3 Å². The molecule has 1 N–H and O–H groups in total. The molecule has 4 aliphatic rings. The lowest BCUT2D eigenvalue weighted by atomic mass is 9.65. The molecule has 1 saturated carbocycles. The van der Waals surface area contributed by atoms with Gasteiger partial charge in [-0.2, -0.15) is 0 Å². The van der Waals surface area contributed by atoms with Crippen LogP contribution < -0.4 is 14.4 Å². The number of carbonyl (C=O) groups excluding carboxylic acids is 1. The second kappa shape index (κ2) is 12.4. The number of benzene rings is 2. The molecular formula is C34H45ClN2O6S2. The summed E-state index contributed by atoms with van der Waals surface area (Å²) < 4.78 is 60.7. The van der Waals surface area contributed by atoms with Crippen molar-refractivity contribution in [1.82, 2.24) is 4.72 Å². The van der Waals surface area contributed by atoms with Crippen LogP contribution in [0.5, 0.6) is 5.75 Å². The molecule has 1 fully saturated rings. The number of halogens is 1. The number of nitrogens with zero attached hydrogens (tertiary/aromatic N) is 1. The SMILES string of the molecule is C[C@@H]1[C@@H](C)CCC[C@@H](CS(C)(=O)=O)C2CCC2CN2CC3(CCCc4cc(Cl)ccc43)COc3ccc(cc32)C(=O)NS1(=O)=O. The van der Waals surface area contributed by atoms with Crippen molar-refractivity contribution in [1.29, 1.82) is 0 Å². The molecule has 2 aromatic rings. The third-order valence-electron chi connectivity index (χ3n) is 11.1. The van der Waals surface area contributed by atoms with Gasteiger partial charge in [0.15, 0.2) is 0 Å². The van der Waals surface area contributed by atoms with E-state index in [2.05, 4.69) is 21.8 Å². The van der Waals surface area contributed by atoms with Crippen molar-refractivity contribution in [3.8, 4) is 5.75 Å². The van der Waals surface area contributed by atoms with E-state index >= 15 is 0 Å². The minimum atomic E-state index is -3.94. The molecule has 2 aliphatic carbocycles. The molecule has 2 heterocycles. The molecule has 45 heavy (non-hydrogen) atoms. The second-order valence-corrected chi connectivity index (χ2v) is 18.9. The average Bonchev–Trinajstić information content (AvgIpc) is 3.10. The zero-order chi connectivity index (χ0) is 32.1. The number of amides is 1. The van der Waals surface area contributed by atoms with Gasteiger partial charge in [-0.05, 0) is 117 Å². The van der Waals surface area contributed by atoms with Crippen LogP contribution in [0.1, 0.15) is 80.3 Å². The second-order valence-electron chi connectivity index (χ2n) is 14.2. The largest absolute Gasteiger partial charge is 0.490 e. The Morgan fingerprint density at radius 3 is 2.60 bits per heavy atom. The fourth-order valence-corrected chi connectivity index (χ4v) is 11.0. The lowest BCUT2D eigenvalue weighted by Crippen LogP contribution is -2.49. The highest BCUT2D eigenvalue weighted by atomic mass is 35.5. The van der Waals surface area contributed by atoms with E-state index in [4.69, 9.17) is 16.3 Å². The van der Waals surface area contributed by atoms with Gasteiger partial charge in [-0.1, -0.05) is 31.0 Å². The van der Waals surface area contributed by atoms with Crippen LogP contribution in [0, 0.1) is 23.7 Å². The van der Waals surface area contributed by atoms with Crippen LogP contribution in [0.15, 0.2) is 36.4 Å². The summed E-state index contributed by atoms with van der Waals surface area (Å²) in [5.74, 6) is 0.556. The van der Waals surface area contributed by atoms with E-state index in [0.717, 1.165) is 55.7 Å². The Morgan fingerprint density at radius 1 is 1.07 bits per heavy atom. The highest BCUT2D eigenvalue weighted by molar-refractivity contribution is 7.90. The van der Waals surface area contributed by atoms with Crippen molar-refractivity contribution in [2.75, 3.05) is 36.6 Å². The first-order valence-electron chi connectivity index (χ1n) is 16.3. The quantitative estimate of drug-likeness (QED) is 0.430. The molecule has 1 amide bonds. The maximum absolute atomic E-state index is 13.4. The maximum atomic E-state index is 13.4. The van der Waals surface area contributed by atoms with Gasteiger partial charge in [0.2, 0.25) is 10.0 Å². The van der Waals surface area contributed by atoms with E-state index < -0.39 is 31.0 Å². The Kier molecular flexibility index (Phi) is 8.98. The Morgan fingerprint density at radius 2 is 1.87 bits per heavy atom. The van der Waals surface area contributed by atoms with Crippen molar-refractivity contribution in [2.24, 2.45) is 23.7 Å². The summed E-state index contributed by atoms with van der Waals surface area (Å²) in [5.41, 5.74) is 3.23. The van der Waals surface area contributed by atoms with Crippen molar-refractivity contribution in [2.45, 2.75) is 75.9 Å². The number of sulfone groups is 1. The van der Waals surface area contributed by atoms with E-state index in [0.29, 0.717) is 37.8 Å². The van der Waals surface area contributed by atoms with Crippen molar-refractivity contribution >= 4 is 43.1 Å². The normalized spacial score (nSPS) is 31.9. The third-order valence-corrected chi connectivity index (χ3v) is 14.3. The fourth-order valence-electron chi connectivity index (χ4n) is 8.31. The Balaban J connectivity index is 1.43. The van der Waals surface area contributed by atoms with Crippen molar-refractivity contribution in [3.63, 3.8) is 0 Å². The molecule has 2 aromatic carbocycles. The molecule has 11 heteroatoms. The van der Waals surface area contributed by atoms with E-state index in [1.165, 1.54) is 17.4 Å². The van der Waals surface area contributed by atoms with Gasteiger partial charge in [0.1, 0.15) is 15.6 Å². The number of rotatable bonds is 2. The van der Waals surface area contributed by atoms with Crippen LogP contribution in [0.4, 0.5) is 5.69 Å². The smallest absolute Gasteiger partial charge is 0.264 e. The molecular weight excluding hydrogens is 632 g/mol. The summed E-state index contributed by atoms with van der Waals surface area (Å²) in [7, 11) is -7.13. The lowest BCUT2D eigenvalue weighted by Gasteiger charge is -2.47. The lowest BCUT2D eigenvalue weighted by molar-refractivity contribution is 0.0980. The minimum Gasteiger partial charge on any atom is -0.490 e. The maximum Gasteiger partial charge on any atom is 0.264 e. The molecule has 0 radical (unpaired) electrons.